The van der Waals surface area contributed by atoms with E-state index in [-0.39, 0.29) is 0 Å². The Hall–Kier alpha value is -0.990. The van der Waals surface area contributed by atoms with Gasteiger partial charge in [0, 0.05) is 11.8 Å². The van der Waals surface area contributed by atoms with Gasteiger partial charge in [-0.1, -0.05) is 13.8 Å². The number of aryl methyl sites for hydroxylation is 1. The van der Waals surface area contributed by atoms with E-state index in [1.807, 2.05) is 13.8 Å². The van der Waals surface area contributed by atoms with Gasteiger partial charge in [-0.05, 0) is 6.92 Å². The van der Waals surface area contributed by atoms with E-state index in [1.165, 1.54) is 12.4 Å². The van der Waals surface area contributed by atoms with Gasteiger partial charge < -0.3 is 0 Å². The van der Waals surface area contributed by atoms with Crippen molar-refractivity contribution in [3.63, 3.8) is 0 Å². The molecule has 0 saturated heterocycles. The first-order valence-corrected chi connectivity index (χ1v) is 3.23. The zero-order valence-electron chi connectivity index (χ0n) is 6.43. The van der Waals surface area contributed by atoms with Crippen molar-refractivity contribution in [3.05, 3.63) is 24.0 Å². The van der Waals surface area contributed by atoms with Gasteiger partial charge in [0.25, 0.3) is 0 Å². The zero-order chi connectivity index (χ0) is 7.98. The van der Waals surface area contributed by atoms with Crippen LogP contribution in [0, 0.1) is 12.9 Å². The first-order chi connectivity index (χ1) is 4.79. The predicted molar refractivity (Wildman–Crippen MR) is 38.1 cm³/mol. The van der Waals surface area contributed by atoms with Gasteiger partial charge >= 0.3 is 0 Å². The van der Waals surface area contributed by atoms with Gasteiger partial charge in [-0.15, -0.1) is 0 Å². The molecule has 10 heavy (non-hydrogen) atoms. The van der Waals surface area contributed by atoms with Crippen LogP contribution in [0.1, 0.15) is 19.5 Å². The normalized spacial score (nSPS) is 8.00. The monoisotopic (exact) mass is 142 g/mol. The molecule has 1 aromatic rings. The molecule has 0 bridgehead atoms. The minimum absolute atomic E-state index is 0.475. The topological polar surface area (TPSA) is 25.8 Å². The molecule has 1 aromatic heterocycles. The number of nitrogens with zero attached hydrogens (tertiary/aromatic N) is 2. The second-order valence-electron chi connectivity index (χ2n) is 1.48. The Balaban J connectivity index is 0.000000371. The third kappa shape index (κ3) is 3.12. The highest BCUT2D eigenvalue weighted by atomic mass is 19.1. The van der Waals surface area contributed by atoms with E-state index < -0.39 is 5.95 Å². The van der Waals surface area contributed by atoms with Gasteiger partial charge in [-0.25, -0.2) is 9.97 Å². The third-order valence-electron chi connectivity index (χ3n) is 0.770. The predicted octanol–water partition coefficient (Wildman–Crippen LogP) is 1.95. The Kier molecular flexibility index (Phi) is 4.37. The van der Waals surface area contributed by atoms with E-state index in [0.29, 0.717) is 5.69 Å². The molecule has 0 radical (unpaired) electrons. The van der Waals surface area contributed by atoms with Gasteiger partial charge in [0.05, 0.1) is 0 Å². The Morgan fingerprint density at radius 3 is 2.20 bits per heavy atom. The fourth-order valence-corrected chi connectivity index (χ4v) is 0.422. The zero-order valence-corrected chi connectivity index (χ0v) is 6.43. The lowest BCUT2D eigenvalue weighted by atomic mass is 10.5. The summed E-state index contributed by atoms with van der Waals surface area (Å²) in [7, 11) is 0. The molecule has 0 unspecified atom stereocenters. The lowest BCUT2D eigenvalue weighted by molar-refractivity contribution is 0.577. The second kappa shape index (κ2) is 4.85. The highest BCUT2D eigenvalue weighted by Crippen LogP contribution is 1.91. The van der Waals surface area contributed by atoms with Crippen LogP contribution in [0.2, 0.25) is 0 Å². The number of rotatable bonds is 0. The van der Waals surface area contributed by atoms with Crippen molar-refractivity contribution in [2.45, 2.75) is 20.8 Å². The summed E-state index contributed by atoms with van der Waals surface area (Å²) in [4.78, 5) is 6.95. The Morgan fingerprint density at radius 2 is 1.90 bits per heavy atom. The molecule has 0 saturated carbocycles. The third-order valence-corrected chi connectivity index (χ3v) is 0.770. The summed E-state index contributed by atoms with van der Waals surface area (Å²) in [5.74, 6) is -0.475. The molecule has 0 fully saturated rings. The lowest BCUT2D eigenvalue weighted by Crippen LogP contribution is -1.85. The molecule has 1 rings (SSSR count). The summed E-state index contributed by atoms with van der Waals surface area (Å²) < 4.78 is 12.0. The van der Waals surface area contributed by atoms with E-state index in [1.54, 1.807) is 6.92 Å². The Morgan fingerprint density at radius 1 is 1.30 bits per heavy atom. The van der Waals surface area contributed by atoms with Crippen molar-refractivity contribution >= 4 is 0 Å². The Bertz CT molecular complexity index is 171. The Labute approximate surface area is 60.1 Å². The van der Waals surface area contributed by atoms with Crippen molar-refractivity contribution in [1.82, 2.24) is 9.97 Å². The highest BCUT2D eigenvalue weighted by molar-refractivity contribution is 4.95. The molecule has 0 N–H and O–H groups in total. The van der Waals surface area contributed by atoms with Crippen molar-refractivity contribution < 1.29 is 4.39 Å². The van der Waals surface area contributed by atoms with Crippen molar-refractivity contribution in [3.8, 4) is 0 Å². The summed E-state index contributed by atoms with van der Waals surface area (Å²) in [5, 5.41) is 0. The number of halogens is 1. The maximum Gasteiger partial charge on any atom is 0.216 e. The van der Waals surface area contributed by atoms with Crippen LogP contribution < -0.4 is 0 Å². The van der Waals surface area contributed by atoms with Crippen LogP contribution in [0.25, 0.3) is 0 Å². The second-order valence-corrected chi connectivity index (χ2v) is 1.48. The molecule has 56 valence electrons. The van der Waals surface area contributed by atoms with Crippen LogP contribution in [0.5, 0.6) is 0 Å². The van der Waals surface area contributed by atoms with E-state index >= 15 is 0 Å². The molecule has 0 aromatic carbocycles. The molecule has 0 atom stereocenters. The first kappa shape index (κ1) is 9.01. The summed E-state index contributed by atoms with van der Waals surface area (Å²) in [6, 6.07) is 1.28. The van der Waals surface area contributed by atoms with E-state index in [2.05, 4.69) is 9.97 Å². The van der Waals surface area contributed by atoms with Crippen LogP contribution in [0.15, 0.2) is 12.4 Å². The van der Waals surface area contributed by atoms with Crippen LogP contribution in [0.4, 0.5) is 4.39 Å². The average Bonchev–Trinajstić information content (AvgIpc) is 1.91. The fourth-order valence-electron chi connectivity index (χ4n) is 0.422. The molecule has 0 aliphatic carbocycles. The maximum absolute atomic E-state index is 12.0. The summed E-state index contributed by atoms with van der Waals surface area (Å²) in [6.07, 6.45) is 1.20. The minimum Gasteiger partial charge on any atom is -0.241 e. The SMILES string of the molecule is CC.Cc1cc(F)ncn1. The maximum atomic E-state index is 12.0. The van der Waals surface area contributed by atoms with Crippen molar-refractivity contribution in [1.29, 1.82) is 0 Å². The largest absolute Gasteiger partial charge is 0.241 e. The molecule has 3 heteroatoms. The van der Waals surface area contributed by atoms with E-state index in [0.717, 1.165) is 0 Å². The quantitative estimate of drug-likeness (QED) is 0.517. The molecular formula is C7H11FN2. The smallest absolute Gasteiger partial charge is 0.216 e. The van der Waals surface area contributed by atoms with E-state index in [9.17, 15) is 4.39 Å². The summed E-state index contributed by atoms with van der Waals surface area (Å²) >= 11 is 0. The molecular weight excluding hydrogens is 131 g/mol. The van der Waals surface area contributed by atoms with Crippen LogP contribution in [-0.2, 0) is 0 Å². The van der Waals surface area contributed by atoms with Gasteiger partial charge in [0.15, 0.2) is 0 Å². The molecule has 0 spiro atoms. The molecule has 0 aliphatic rings. The molecule has 2 nitrogen and oxygen atoms in total. The van der Waals surface area contributed by atoms with Crippen LogP contribution >= 0.6 is 0 Å². The number of hydrogen-bond acceptors (Lipinski definition) is 2. The number of hydrogen-bond donors (Lipinski definition) is 0. The first-order valence-electron chi connectivity index (χ1n) is 3.23. The standard InChI is InChI=1S/C5H5FN2.C2H6/c1-4-2-5(6)8-3-7-4;1-2/h2-3H,1H3;1-2H3. The van der Waals surface area contributed by atoms with Crippen LogP contribution in [-0.4, -0.2) is 9.97 Å². The highest BCUT2D eigenvalue weighted by Gasteiger charge is 1.87. The van der Waals surface area contributed by atoms with Gasteiger partial charge in [-0.2, -0.15) is 4.39 Å². The van der Waals surface area contributed by atoms with Gasteiger partial charge in [0.1, 0.15) is 6.33 Å². The van der Waals surface area contributed by atoms with Crippen LogP contribution in [0.3, 0.4) is 0 Å². The summed E-state index contributed by atoms with van der Waals surface area (Å²) in [5.41, 5.74) is 0.650. The number of aromatic nitrogens is 2. The van der Waals surface area contributed by atoms with E-state index in [4.69, 9.17) is 0 Å². The molecule has 0 amide bonds. The minimum atomic E-state index is -0.475. The molecule has 1 heterocycles. The van der Waals surface area contributed by atoms with Gasteiger partial charge in [-0.3, -0.25) is 0 Å². The van der Waals surface area contributed by atoms with Crippen molar-refractivity contribution in [2.24, 2.45) is 0 Å². The summed E-state index contributed by atoms with van der Waals surface area (Å²) in [6.45, 7) is 5.71. The molecule has 0 aliphatic heterocycles. The lowest BCUT2D eigenvalue weighted by Gasteiger charge is -1.86. The average molecular weight is 142 g/mol. The fraction of sp³-hybridized carbons (Fsp3) is 0.429. The van der Waals surface area contributed by atoms with Gasteiger partial charge in [0.2, 0.25) is 5.95 Å². The van der Waals surface area contributed by atoms with Crippen molar-refractivity contribution in [2.75, 3.05) is 0 Å².